The molecule has 6 rings (SSSR count). The van der Waals surface area contributed by atoms with Gasteiger partial charge in [-0.15, -0.1) is 0 Å². The Labute approximate surface area is 206 Å². The van der Waals surface area contributed by atoms with Gasteiger partial charge in [0.25, 0.3) is 0 Å². The SMILES string of the molecule is c1ccc2oc(-c3ccc(OCCCCNc4c5c(nc6ccccc46)CCCC5)cc3)cc2c1. The molecule has 0 unspecified atom stereocenters. The standard InChI is InChI=1S/C31H30N2O2/c1-6-14-29-23(9-1)21-30(35-29)22-15-17-24(18-16-22)34-20-8-7-19-32-31-25-10-2-4-12-27(25)33-28-13-5-3-11-26(28)31/h1-2,4,6,9-10,12,14-18,21H,3,5,7-8,11,13,19-20H2,(H,32,33). The third-order valence-corrected chi connectivity index (χ3v) is 6.88. The van der Waals surface area contributed by atoms with Crippen molar-refractivity contribution in [2.75, 3.05) is 18.5 Å². The van der Waals surface area contributed by atoms with Gasteiger partial charge < -0.3 is 14.5 Å². The van der Waals surface area contributed by atoms with Crippen LogP contribution in [0.15, 0.2) is 83.3 Å². The summed E-state index contributed by atoms with van der Waals surface area (Å²) in [4.78, 5) is 4.94. The number of hydrogen-bond acceptors (Lipinski definition) is 4. The molecule has 0 spiro atoms. The summed E-state index contributed by atoms with van der Waals surface area (Å²) in [5, 5.41) is 6.11. The topological polar surface area (TPSA) is 47.3 Å². The number of ether oxygens (including phenoxy) is 1. The Balaban J connectivity index is 1.02. The maximum absolute atomic E-state index is 6.00. The molecule has 0 fully saturated rings. The lowest BCUT2D eigenvalue weighted by atomic mass is 9.92. The minimum atomic E-state index is 0.709. The van der Waals surface area contributed by atoms with Gasteiger partial charge in [-0.25, -0.2) is 0 Å². The number of aromatic nitrogens is 1. The van der Waals surface area contributed by atoms with E-state index in [1.54, 1.807) is 0 Å². The molecule has 1 aliphatic carbocycles. The number of aryl methyl sites for hydroxylation is 1. The fourth-order valence-corrected chi connectivity index (χ4v) is 5.04. The number of nitrogens with one attached hydrogen (secondary N) is 1. The second-order valence-electron chi connectivity index (χ2n) is 9.29. The first kappa shape index (κ1) is 21.7. The lowest BCUT2D eigenvalue weighted by Crippen LogP contribution is -2.12. The maximum atomic E-state index is 6.00. The summed E-state index contributed by atoms with van der Waals surface area (Å²) in [5.41, 5.74) is 7.09. The van der Waals surface area contributed by atoms with Crippen molar-refractivity contribution in [3.63, 3.8) is 0 Å². The number of hydrogen-bond donors (Lipinski definition) is 1. The zero-order valence-corrected chi connectivity index (χ0v) is 19.9. The molecule has 2 heterocycles. The zero-order chi connectivity index (χ0) is 23.5. The Morgan fingerprint density at radius 1 is 0.857 bits per heavy atom. The summed E-state index contributed by atoms with van der Waals surface area (Å²) in [6.07, 6.45) is 6.78. The van der Waals surface area contributed by atoms with E-state index >= 15 is 0 Å². The zero-order valence-electron chi connectivity index (χ0n) is 19.9. The van der Waals surface area contributed by atoms with Crippen LogP contribution >= 0.6 is 0 Å². The van der Waals surface area contributed by atoms with Crippen molar-refractivity contribution in [1.29, 1.82) is 0 Å². The van der Waals surface area contributed by atoms with Crippen molar-refractivity contribution in [1.82, 2.24) is 4.98 Å². The third-order valence-electron chi connectivity index (χ3n) is 6.88. The van der Waals surface area contributed by atoms with Crippen molar-refractivity contribution < 1.29 is 9.15 Å². The summed E-state index contributed by atoms with van der Waals surface area (Å²) in [6.45, 7) is 1.65. The summed E-state index contributed by atoms with van der Waals surface area (Å²) < 4.78 is 12.0. The van der Waals surface area contributed by atoms with E-state index in [2.05, 4.69) is 53.8 Å². The molecule has 4 heteroatoms. The lowest BCUT2D eigenvalue weighted by Gasteiger charge is -2.21. The molecule has 1 aliphatic rings. The van der Waals surface area contributed by atoms with Gasteiger partial charge >= 0.3 is 0 Å². The number of para-hydroxylation sites is 2. The van der Waals surface area contributed by atoms with Crippen LogP contribution in [0, 0.1) is 0 Å². The monoisotopic (exact) mass is 462 g/mol. The highest BCUT2D eigenvalue weighted by atomic mass is 16.5. The number of benzene rings is 3. The average Bonchev–Trinajstić information content (AvgIpc) is 3.35. The number of fused-ring (bicyclic) bond motifs is 3. The number of nitrogens with zero attached hydrogens (tertiary/aromatic N) is 1. The van der Waals surface area contributed by atoms with Crippen LogP contribution in [0.5, 0.6) is 5.75 Å². The molecule has 35 heavy (non-hydrogen) atoms. The Hall–Kier alpha value is -3.79. The molecule has 0 bridgehead atoms. The second kappa shape index (κ2) is 9.83. The van der Waals surface area contributed by atoms with Crippen molar-refractivity contribution >= 4 is 27.6 Å². The molecule has 0 saturated carbocycles. The highest BCUT2D eigenvalue weighted by Gasteiger charge is 2.17. The van der Waals surface area contributed by atoms with E-state index < -0.39 is 0 Å². The molecule has 176 valence electrons. The van der Waals surface area contributed by atoms with Crippen LogP contribution in [0.3, 0.4) is 0 Å². The Kier molecular flexibility index (Phi) is 6.10. The molecule has 0 aliphatic heterocycles. The van der Waals surface area contributed by atoms with Crippen molar-refractivity contribution in [2.24, 2.45) is 0 Å². The van der Waals surface area contributed by atoms with Crippen LogP contribution < -0.4 is 10.1 Å². The Bertz CT molecular complexity index is 1420. The smallest absolute Gasteiger partial charge is 0.135 e. The van der Waals surface area contributed by atoms with E-state index in [4.69, 9.17) is 14.1 Å². The van der Waals surface area contributed by atoms with Crippen molar-refractivity contribution in [2.45, 2.75) is 38.5 Å². The van der Waals surface area contributed by atoms with Gasteiger partial charge in [0.15, 0.2) is 0 Å². The van der Waals surface area contributed by atoms with Gasteiger partial charge in [0.2, 0.25) is 0 Å². The first-order chi connectivity index (χ1) is 17.3. The average molecular weight is 463 g/mol. The van der Waals surface area contributed by atoms with Gasteiger partial charge in [-0.05, 0) is 86.6 Å². The van der Waals surface area contributed by atoms with Crippen LogP contribution in [0.1, 0.15) is 36.9 Å². The van der Waals surface area contributed by atoms with E-state index in [1.165, 1.54) is 35.2 Å². The number of anilines is 1. The van der Waals surface area contributed by atoms with Crippen molar-refractivity contribution in [3.8, 4) is 17.1 Å². The largest absolute Gasteiger partial charge is 0.494 e. The lowest BCUT2D eigenvalue weighted by molar-refractivity contribution is 0.308. The molecule has 0 atom stereocenters. The minimum absolute atomic E-state index is 0.709. The summed E-state index contributed by atoms with van der Waals surface area (Å²) in [5.74, 6) is 1.78. The molecule has 0 radical (unpaired) electrons. The number of pyridine rings is 1. The van der Waals surface area contributed by atoms with Gasteiger partial charge in [0, 0.05) is 34.3 Å². The molecule has 2 aromatic heterocycles. The predicted molar refractivity (Wildman–Crippen MR) is 143 cm³/mol. The van der Waals surface area contributed by atoms with E-state index in [9.17, 15) is 0 Å². The number of furan rings is 1. The molecule has 5 aromatic rings. The molecule has 1 N–H and O–H groups in total. The van der Waals surface area contributed by atoms with E-state index in [1.807, 2.05) is 30.3 Å². The summed E-state index contributed by atoms with van der Waals surface area (Å²) in [6, 6.07) is 26.9. The highest BCUT2D eigenvalue weighted by Crippen LogP contribution is 2.33. The number of unbranched alkanes of at least 4 members (excludes halogenated alkanes) is 1. The Morgan fingerprint density at radius 3 is 2.60 bits per heavy atom. The maximum Gasteiger partial charge on any atom is 0.135 e. The quantitative estimate of drug-likeness (QED) is 0.239. The molecular formula is C31H30N2O2. The molecule has 4 nitrogen and oxygen atoms in total. The fourth-order valence-electron chi connectivity index (χ4n) is 5.04. The highest BCUT2D eigenvalue weighted by molar-refractivity contribution is 5.93. The molecule has 3 aromatic carbocycles. The van der Waals surface area contributed by atoms with Gasteiger partial charge in [-0.3, -0.25) is 4.98 Å². The third kappa shape index (κ3) is 4.61. The van der Waals surface area contributed by atoms with Gasteiger partial charge in [-0.1, -0.05) is 36.4 Å². The van der Waals surface area contributed by atoms with Crippen LogP contribution in [0.4, 0.5) is 5.69 Å². The first-order valence-electron chi connectivity index (χ1n) is 12.7. The predicted octanol–water partition coefficient (Wildman–Crippen LogP) is 7.80. The van der Waals surface area contributed by atoms with Crippen LogP contribution in [0.2, 0.25) is 0 Å². The fraction of sp³-hybridized carbons (Fsp3) is 0.258. The van der Waals surface area contributed by atoms with Gasteiger partial charge in [0.1, 0.15) is 17.1 Å². The first-order valence-corrected chi connectivity index (χ1v) is 12.7. The molecule has 0 saturated heterocycles. The van der Waals surface area contributed by atoms with Crippen molar-refractivity contribution in [3.05, 3.63) is 90.1 Å². The van der Waals surface area contributed by atoms with E-state index in [0.29, 0.717) is 6.61 Å². The second-order valence-corrected chi connectivity index (χ2v) is 9.29. The van der Waals surface area contributed by atoms with E-state index in [-0.39, 0.29) is 0 Å². The van der Waals surface area contributed by atoms with Crippen LogP contribution in [0.25, 0.3) is 33.2 Å². The molecule has 0 amide bonds. The number of rotatable bonds is 8. The van der Waals surface area contributed by atoms with Crippen LogP contribution in [-0.2, 0) is 12.8 Å². The normalized spacial score (nSPS) is 13.1. The Morgan fingerprint density at radius 2 is 1.69 bits per heavy atom. The summed E-state index contributed by atoms with van der Waals surface area (Å²) in [7, 11) is 0. The van der Waals surface area contributed by atoms with Gasteiger partial charge in [-0.2, -0.15) is 0 Å². The minimum Gasteiger partial charge on any atom is -0.494 e. The summed E-state index contributed by atoms with van der Waals surface area (Å²) >= 11 is 0. The van der Waals surface area contributed by atoms with Crippen LogP contribution in [-0.4, -0.2) is 18.1 Å². The van der Waals surface area contributed by atoms with Gasteiger partial charge in [0.05, 0.1) is 12.1 Å². The van der Waals surface area contributed by atoms with E-state index in [0.717, 1.165) is 65.8 Å². The molecular weight excluding hydrogens is 432 g/mol.